The number of aromatic amines is 1. The van der Waals surface area contributed by atoms with Gasteiger partial charge in [-0.25, -0.2) is 0 Å². The van der Waals surface area contributed by atoms with Crippen LogP contribution in [-0.4, -0.2) is 27.0 Å². The van der Waals surface area contributed by atoms with Crippen LogP contribution in [0.4, 0.5) is 11.6 Å². The van der Waals surface area contributed by atoms with Crippen molar-refractivity contribution in [2.45, 2.75) is 25.7 Å². The summed E-state index contributed by atoms with van der Waals surface area (Å²) >= 11 is 1.56. The van der Waals surface area contributed by atoms with E-state index in [-0.39, 0.29) is 11.8 Å². The van der Waals surface area contributed by atoms with Gasteiger partial charge in [-0.1, -0.05) is 18.2 Å². The fraction of sp³-hybridized carbons (Fsp3) is 0.222. The fourth-order valence-corrected chi connectivity index (χ4v) is 3.58. The van der Waals surface area contributed by atoms with Crippen molar-refractivity contribution >= 4 is 34.8 Å². The van der Waals surface area contributed by atoms with Gasteiger partial charge >= 0.3 is 0 Å². The van der Waals surface area contributed by atoms with Gasteiger partial charge in [0.2, 0.25) is 17.8 Å². The Bertz CT molecular complexity index is 948. The van der Waals surface area contributed by atoms with Crippen LogP contribution < -0.4 is 10.6 Å². The number of nitrogens with zero attached hydrogens (tertiary/aromatic N) is 2. The second-order valence-electron chi connectivity index (χ2n) is 6.10. The molecule has 132 valence electrons. The highest BCUT2D eigenvalue weighted by Gasteiger charge is 2.17. The smallest absolute Gasteiger partial charge is 0.249 e. The van der Waals surface area contributed by atoms with E-state index in [1.165, 1.54) is 0 Å². The van der Waals surface area contributed by atoms with Crippen molar-refractivity contribution in [2.75, 3.05) is 10.6 Å². The zero-order valence-corrected chi connectivity index (χ0v) is 14.7. The number of aryl methyl sites for hydroxylation is 1. The Kier molecular flexibility index (Phi) is 4.49. The number of H-pyrrole nitrogens is 1. The first-order valence-corrected chi connectivity index (χ1v) is 9.23. The van der Waals surface area contributed by atoms with Crippen LogP contribution in [0.25, 0.3) is 10.7 Å². The van der Waals surface area contributed by atoms with Crippen LogP contribution >= 0.6 is 11.3 Å². The minimum atomic E-state index is -0.111. The number of rotatable bonds is 6. The molecule has 0 saturated heterocycles. The first-order valence-electron chi connectivity index (χ1n) is 8.35. The Morgan fingerprint density at radius 2 is 2.23 bits per heavy atom. The number of amides is 2. The minimum Gasteiger partial charge on any atom is -0.326 e. The molecule has 3 aromatic rings. The molecule has 7 nitrogen and oxygen atoms in total. The number of thiophene rings is 1. The summed E-state index contributed by atoms with van der Waals surface area (Å²) in [6.45, 7) is 0. The lowest BCUT2D eigenvalue weighted by Gasteiger charge is -2.04. The van der Waals surface area contributed by atoms with Crippen molar-refractivity contribution in [3.8, 4) is 10.7 Å². The number of fused-ring (bicyclic) bond motifs is 1. The maximum Gasteiger partial charge on any atom is 0.249 e. The van der Waals surface area contributed by atoms with Crippen LogP contribution in [-0.2, 0) is 22.4 Å². The third-order valence-electron chi connectivity index (χ3n) is 4.16. The Hall–Kier alpha value is -3.00. The number of nitrogens with one attached hydrogen (secondary N) is 3. The van der Waals surface area contributed by atoms with Gasteiger partial charge in [0, 0.05) is 12.1 Å². The topological polar surface area (TPSA) is 99.8 Å². The van der Waals surface area contributed by atoms with Crippen molar-refractivity contribution in [1.29, 1.82) is 0 Å². The molecule has 2 aromatic heterocycles. The molecular weight excluding hydrogens is 350 g/mol. The first-order chi connectivity index (χ1) is 12.7. The lowest BCUT2D eigenvalue weighted by Crippen LogP contribution is -2.12. The first kappa shape index (κ1) is 16.5. The Morgan fingerprint density at radius 3 is 3.08 bits per heavy atom. The van der Waals surface area contributed by atoms with Gasteiger partial charge in [0.15, 0.2) is 5.82 Å². The van der Waals surface area contributed by atoms with Crippen molar-refractivity contribution in [2.24, 2.45) is 0 Å². The molecule has 0 atom stereocenters. The van der Waals surface area contributed by atoms with E-state index >= 15 is 0 Å². The molecule has 0 unspecified atom stereocenters. The maximum absolute atomic E-state index is 12.1. The van der Waals surface area contributed by atoms with Crippen LogP contribution in [0.3, 0.4) is 0 Å². The van der Waals surface area contributed by atoms with E-state index in [1.54, 1.807) is 11.3 Å². The third kappa shape index (κ3) is 3.65. The SMILES string of the molecule is O=C(CCCc1ccc2c(c1)CC(=O)N2)Nc1n[nH]c(-c2cccs2)n1. The van der Waals surface area contributed by atoms with Crippen LogP contribution in [0.2, 0.25) is 0 Å². The number of hydrogen-bond donors (Lipinski definition) is 3. The third-order valence-corrected chi connectivity index (χ3v) is 5.03. The van der Waals surface area contributed by atoms with Gasteiger partial charge < -0.3 is 5.32 Å². The molecule has 0 spiro atoms. The lowest BCUT2D eigenvalue weighted by atomic mass is 10.0. The predicted octanol–water partition coefficient (Wildman–Crippen LogP) is 2.99. The molecule has 0 fully saturated rings. The standard InChI is InChI=1S/C18H17N5O2S/c24-15(20-18-21-17(22-23-18)14-4-2-8-26-14)5-1-3-11-6-7-13-12(9-11)10-16(25)19-13/h2,4,6-9H,1,3,5,10H2,(H,19,25)(H2,20,21,22,23,24). The summed E-state index contributed by atoms with van der Waals surface area (Å²) in [6.07, 6.45) is 2.32. The monoisotopic (exact) mass is 367 g/mol. The number of aromatic nitrogens is 3. The maximum atomic E-state index is 12.1. The van der Waals surface area contributed by atoms with E-state index < -0.39 is 0 Å². The Morgan fingerprint density at radius 1 is 1.31 bits per heavy atom. The summed E-state index contributed by atoms with van der Waals surface area (Å²) in [5.74, 6) is 0.863. The van der Waals surface area contributed by atoms with Gasteiger partial charge in [0.25, 0.3) is 0 Å². The van der Waals surface area contributed by atoms with Crippen LogP contribution in [0.5, 0.6) is 0 Å². The molecule has 26 heavy (non-hydrogen) atoms. The van der Waals surface area contributed by atoms with Gasteiger partial charge in [0.1, 0.15) is 0 Å². The highest BCUT2D eigenvalue weighted by Crippen LogP contribution is 2.24. The molecule has 1 aliphatic rings. The van der Waals surface area contributed by atoms with Gasteiger partial charge in [-0.3, -0.25) is 20.0 Å². The van der Waals surface area contributed by atoms with Crippen molar-refractivity contribution < 1.29 is 9.59 Å². The van der Waals surface area contributed by atoms with Gasteiger partial charge in [0.05, 0.1) is 11.3 Å². The Balaban J connectivity index is 1.27. The summed E-state index contributed by atoms with van der Waals surface area (Å²) in [5, 5.41) is 14.3. The summed E-state index contributed by atoms with van der Waals surface area (Å²) in [7, 11) is 0. The van der Waals surface area contributed by atoms with E-state index in [2.05, 4.69) is 25.8 Å². The summed E-state index contributed by atoms with van der Waals surface area (Å²) < 4.78 is 0. The molecule has 0 aliphatic carbocycles. The molecule has 0 radical (unpaired) electrons. The van der Waals surface area contributed by atoms with E-state index in [0.717, 1.165) is 28.1 Å². The zero-order valence-electron chi connectivity index (χ0n) is 13.9. The average molecular weight is 367 g/mol. The summed E-state index contributed by atoms with van der Waals surface area (Å²) in [5.41, 5.74) is 3.05. The molecule has 3 heterocycles. The fourth-order valence-electron chi connectivity index (χ4n) is 2.92. The second kappa shape index (κ2) is 7.09. The van der Waals surface area contributed by atoms with Crippen molar-refractivity contribution in [3.05, 3.63) is 46.8 Å². The molecule has 0 saturated carbocycles. The molecule has 4 rings (SSSR count). The molecule has 0 bridgehead atoms. The number of benzene rings is 1. The molecule has 3 N–H and O–H groups in total. The molecular formula is C18H17N5O2S. The molecule has 1 aromatic carbocycles. The highest BCUT2D eigenvalue weighted by atomic mass is 32.1. The quantitative estimate of drug-likeness (QED) is 0.623. The molecule has 8 heteroatoms. The van der Waals surface area contributed by atoms with Crippen LogP contribution in [0.1, 0.15) is 24.0 Å². The van der Waals surface area contributed by atoms with E-state index in [9.17, 15) is 9.59 Å². The normalized spacial score (nSPS) is 12.7. The average Bonchev–Trinajstić information content (AvgIpc) is 3.33. The Labute approximate surface area is 153 Å². The van der Waals surface area contributed by atoms with E-state index in [1.807, 2.05) is 35.7 Å². The second-order valence-corrected chi connectivity index (χ2v) is 7.05. The lowest BCUT2D eigenvalue weighted by molar-refractivity contribution is -0.116. The largest absolute Gasteiger partial charge is 0.326 e. The van der Waals surface area contributed by atoms with Crippen LogP contribution in [0, 0.1) is 0 Å². The molecule has 1 aliphatic heterocycles. The van der Waals surface area contributed by atoms with Crippen molar-refractivity contribution in [3.63, 3.8) is 0 Å². The molecule has 2 amide bonds. The number of anilines is 2. The van der Waals surface area contributed by atoms with Crippen molar-refractivity contribution in [1.82, 2.24) is 15.2 Å². The minimum absolute atomic E-state index is 0.0324. The van der Waals surface area contributed by atoms with E-state index in [0.29, 0.717) is 31.0 Å². The van der Waals surface area contributed by atoms with Gasteiger partial charge in [-0.2, -0.15) is 4.98 Å². The van der Waals surface area contributed by atoms with E-state index in [4.69, 9.17) is 0 Å². The summed E-state index contributed by atoms with van der Waals surface area (Å²) in [6, 6.07) is 9.83. The summed E-state index contributed by atoms with van der Waals surface area (Å²) in [4.78, 5) is 28.7. The van der Waals surface area contributed by atoms with Gasteiger partial charge in [-0.15, -0.1) is 16.4 Å². The number of carbonyl (C=O) groups is 2. The zero-order chi connectivity index (χ0) is 17.9. The van der Waals surface area contributed by atoms with Crippen LogP contribution in [0.15, 0.2) is 35.7 Å². The number of hydrogen-bond acceptors (Lipinski definition) is 5. The number of carbonyl (C=O) groups excluding carboxylic acids is 2. The van der Waals surface area contributed by atoms with Gasteiger partial charge in [-0.05, 0) is 41.5 Å². The highest BCUT2D eigenvalue weighted by molar-refractivity contribution is 7.13. The predicted molar refractivity (Wildman–Crippen MR) is 100 cm³/mol.